The van der Waals surface area contributed by atoms with Crippen molar-refractivity contribution >= 4 is 5.82 Å². The lowest BCUT2D eigenvalue weighted by Crippen LogP contribution is -1.93. The Bertz CT molecular complexity index is 257. The van der Waals surface area contributed by atoms with Gasteiger partial charge in [0, 0.05) is 6.20 Å². The van der Waals surface area contributed by atoms with Gasteiger partial charge in [-0.1, -0.05) is 13.8 Å². The second-order valence-corrected chi connectivity index (χ2v) is 2.00. The molecule has 0 amide bonds. The number of aromatic nitrogens is 1. The molecule has 1 aliphatic heterocycles. The molecule has 0 spiro atoms. The Morgan fingerprint density at radius 1 is 1.50 bits per heavy atom. The van der Waals surface area contributed by atoms with Crippen molar-refractivity contribution in [3.8, 4) is 5.75 Å². The summed E-state index contributed by atoms with van der Waals surface area (Å²) in [5.74, 6) is 2.02. The fourth-order valence-corrected chi connectivity index (χ4v) is 0.857. The molecule has 1 aromatic rings. The van der Waals surface area contributed by atoms with Crippen LogP contribution in [0, 0.1) is 0 Å². The lowest BCUT2D eigenvalue weighted by Gasteiger charge is -1.90. The van der Waals surface area contributed by atoms with Crippen LogP contribution in [0.5, 0.6) is 5.75 Å². The van der Waals surface area contributed by atoms with Crippen molar-refractivity contribution in [2.45, 2.75) is 13.8 Å². The molecular weight excluding hydrogens is 152 g/mol. The van der Waals surface area contributed by atoms with Gasteiger partial charge in [-0.15, -0.1) is 0 Å². The first-order chi connectivity index (χ1) is 5.86. The Balaban J connectivity index is 0.000000336. The third-order valence-corrected chi connectivity index (χ3v) is 1.26. The lowest BCUT2D eigenvalue weighted by molar-refractivity contribution is 0.459. The molecule has 0 atom stereocenters. The Morgan fingerprint density at radius 2 is 2.25 bits per heavy atom. The van der Waals surface area contributed by atoms with Crippen molar-refractivity contribution < 1.29 is 4.74 Å². The van der Waals surface area contributed by atoms with Crippen LogP contribution in [-0.2, 0) is 0 Å². The molecule has 2 heterocycles. The zero-order valence-electron chi connectivity index (χ0n) is 7.29. The molecule has 0 aliphatic carbocycles. The minimum atomic E-state index is 0.536. The van der Waals surface area contributed by atoms with Crippen LogP contribution in [-0.4, -0.2) is 4.98 Å². The lowest BCUT2D eigenvalue weighted by atomic mass is 10.4. The van der Waals surface area contributed by atoms with Gasteiger partial charge in [-0.05, 0) is 18.7 Å². The van der Waals surface area contributed by atoms with Crippen molar-refractivity contribution in [1.29, 1.82) is 0 Å². The van der Waals surface area contributed by atoms with Gasteiger partial charge in [-0.2, -0.15) is 0 Å². The van der Waals surface area contributed by atoms with Crippen LogP contribution in [0.1, 0.15) is 13.8 Å². The van der Waals surface area contributed by atoms with E-state index in [-0.39, 0.29) is 0 Å². The molecule has 0 fully saturated rings. The number of nitrogens with one attached hydrogen (secondary N) is 1. The SMILES string of the molecule is C=C1Nc2ncccc2O1.CC. The first-order valence-corrected chi connectivity index (χ1v) is 3.95. The van der Waals surface area contributed by atoms with Crippen LogP contribution < -0.4 is 10.1 Å². The smallest absolute Gasteiger partial charge is 0.192 e. The van der Waals surface area contributed by atoms with Crippen LogP contribution in [0.15, 0.2) is 30.8 Å². The fraction of sp³-hybridized carbons (Fsp3) is 0.222. The normalized spacial score (nSPS) is 12.0. The largest absolute Gasteiger partial charge is 0.438 e. The molecule has 0 unspecified atom stereocenters. The minimum Gasteiger partial charge on any atom is -0.438 e. The number of fused-ring (bicyclic) bond motifs is 1. The summed E-state index contributed by atoms with van der Waals surface area (Å²) in [4.78, 5) is 4.01. The first-order valence-electron chi connectivity index (χ1n) is 3.95. The highest BCUT2D eigenvalue weighted by Crippen LogP contribution is 2.29. The molecular formula is C9H12N2O. The van der Waals surface area contributed by atoms with Crippen molar-refractivity contribution in [1.82, 2.24) is 4.98 Å². The van der Waals surface area contributed by atoms with E-state index in [0.29, 0.717) is 5.88 Å². The van der Waals surface area contributed by atoms with Crippen LogP contribution in [0.4, 0.5) is 5.82 Å². The van der Waals surface area contributed by atoms with E-state index in [0.717, 1.165) is 11.6 Å². The maximum Gasteiger partial charge on any atom is 0.192 e. The number of nitrogens with zero attached hydrogens (tertiary/aromatic N) is 1. The number of ether oxygens (including phenoxy) is 1. The average molecular weight is 164 g/mol. The third kappa shape index (κ3) is 1.56. The van der Waals surface area contributed by atoms with Crippen LogP contribution >= 0.6 is 0 Å². The molecule has 2 rings (SSSR count). The summed E-state index contributed by atoms with van der Waals surface area (Å²) in [7, 11) is 0. The number of pyridine rings is 1. The quantitative estimate of drug-likeness (QED) is 0.639. The highest BCUT2D eigenvalue weighted by atomic mass is 16.5. The van der Waals surface area contributed by atoms with E-state index in [2.05, 4.69) is 16.9 Å². The van der Waals surface area contributed by atoms with Crippen molar-refractivity contribution in [2.75, 3.05) is 5.32 Å². The highest BCUT2D eigenvalue weighted by molar-refractivity contribution is 5.57. The van der Waals surface area contributed by atoms with Gasteiger partial charge in [0.1, 0.15) is 0 Å². The summed E-state index contributed by atoms with van der Waals surface area (Å²) < 4.78 is 5.14. The van der Waals surface area contributed by atoms with Crippen LogP contribution in [0.3, 0.4) is 0 Å². The van der Waals surface area contributed by atoms with Gasteiger partial charge in [-0.25, -0.2) is 4.98 Å². The first kappa shape index (κ1) is 8.59. The second kappa shape index (κ2) is 3.76. The topological polar surface area (TPSA) is 34.2 Å². The van der Waals surface area contributed by atoms with Gasteiger partial charge >= 0.3 is 0 Å². The standard InChI is InChI=1S/C7H6N2O.C2H6/c1-5-9-7-6(10-5)3-2-4-8-7;1-2/h2-4H,1H2,(H,8,9);1-2H3. The molecule has 3 heteroatoms. The molecule has 1 aliphatic rings. The van der Waals surface area contributed by atoms with Gasteiger partial charge in [-0.3, -0.25) is 0 Å². The molecule has 0 bridgehead atoms. The monoisotopic (exact) mass is 164 g/mol. The van der Waals surface area contributed by atoms with Crippen molar-refractivity contribution in [3.63, 3.8) is 0 Å². The Morgan fingerprint density at radius 3 is 2.92 bits per heavy atom. The Hall–Kier alpha value is -1.51. The summed E-state index contributed by atoms with van der Waals surface area (Å²) >= 11 is 0. The minimum absolute atomic E-state index is 0.536. The van der Waals surface area contributed by atoms with E-state index in [4.69, 9.17) is 4.74 Å². The van der Waals surface area contributed by atoms with Crippen molar-refractivity contribution in [2.24, 2.45) is 0 Å². The summed E-state index contributed by atoms with van der Waals surface area (Å²) in [6.07, 6.45) is 1.70. The van der Waals surface area contributed by atoms with E-state index in [1.807, 2.05) is 26.0 Å². The number of rotatable bonds is 0. The zero-order chi connectivity index (χ0) is 8.97. The van der Waals surface area contributed by atoms with Crippen LogP contribution in [0.2, 0.25) is 0 Å². The summed E-state index contributed by atoms with van der Waals surface area (Å²) in [5, 5.41) is 2.87. The van der Waals surface area contributed by atoms with E-state index >= 15 is 0 Å². The second-order valence-electron chi connectivity index (χ2n) is 2.00. The van der Waals surface area contributed by atoms with E-state index in [1.54, 1.807) is 6.20 Å². The third-order valence-electron chi connectivity index (χ3n) is 1.26. The van der Waals surface area contributed by atoms with Gasteiger partial charge < -0.3 is 10.1 Å². The van der Waals surface area contributed by atoms with E-state index in [1.165, 1.54) is 0 Å². The van der Waals surface area contributed by atoms with Gasteiger partial charge in [0.25, 0.3) is 0 Å². The van der Waals surface area contributed by atoms with Crippen molar-refractivity contribution in [3.05, 3.63) is 30.8 Å². The van der Waals surface area contributed by atoms with E-state index in [9.17, 15) is 0 Å². The molecule has 1 N–H and O–H groups in total. The predicted octanol–water partition coefficient (Wildman–Crippen LogP) is 2.38. The number of hydrogen-bond acceptors (Lipinski definition) is 3. The molecule has 12 heavy (non-hydrogen) atoms. The van der Waals surface area contributed by atoms with Crippen LogP contribution in [0.25, 0.3) is 0 Å². The molecule has 3 nitrogen and oxygen atoms in total. The molecule has 1 aromatic heterocycles. The summed E-state index contributed by atoms with van der Waals surface area (Å²) in [5.41, 5.74) is 0. The highest BCUT2D eigenvalue weighted by Gasteiger charge is 2.13. The molecule has 0 saturated carbocycles. The fourth-order valence-electron chi connectivity index (χ4n) is 0.857. The average Bonchev–Trinajstić information content (AvgIpc) is 2.48. The summed E-state index contributed by atoms with van der Waals surface area (Å²) in [6, 6.07) is 3.66. The Labute approximate surface area is 72.1 Å². The molecule has 0 aromatic carbocycles. The molecule has 0 radical (unpaired) electrons. The van der Waals surface area contributed by atoms with Gasteiger partial charge in [0.15, 0.2) is 17.5 Å². The van der Waals surface area contributed by atoms with Gasteiger partial charge in [0.05, 0.1) is 0 Å². The van der Waals surface area contributed by atoms with Gasteiger partial charge in [0.2, 0.25) is 0 Å². The number of hydrogen-bond donors (Lipinski definition) is 1. The molecule has 0 saturated heterocycles. The maximum atomic E-state index is 5.14. The Kier molecular flexibility index (Phi) is 2.69. The summed E-state index contributed by atoms with van der Waals surface area (Å²) in [6.45, 7) is 7.60. The molecule has 64 valence electrons. The number of anilines is 1. The predicted molar refractivity (Wildman–Crippen MR) is 49.0 cm³/mol. The maximum absolute atomic E-state index is 5.14. The zero-order valence-corrected chi connectivity index (χ0v) is 7.29. The van der Waals surface area contributed by atoms with E-state index < -0.39 is 0 Å².